The Balaban J connectivity index is 1.58. The van der Waals surface area contributed by atoms with Gasteiger partial charge in [-0.1, -0.05) is 26.2 Å². The van der Waals surface area contributed by atoms with E-state index in [0.29, 0.717) is 6.54 Å². The molecule has 5 heteroatoms. The summed E-state index contributed by atoms with van der Waals surface area (Å²) in [5.74, 6) is 1.21. The highest BCUT2D eigenvalue weighted by Gasteiger charge is 2.11. The summed E-state index contributed by atoms with van der Waals surface area (Å²) in [5.41, 5.74) is 1.09. The van der Waals surface area contributed by atoms with Crippen molar-refractivity contribution in [1.29, 1.82) is 0 Å². The standard InChI is InChI=1S/C16H28N4O/c1-2-3-4-6-10-17-16(21)18-11-9-14-13-20-12-7-5-8-15(20)19-14/h13H,2-12H2,1H3,(H2,17,18,21). The third-order valence-electron chi connectivity index (χ3n) is 3.94. The molecule has 21 heavy (non-hydrogen) atoms. The molecule has 0 fully saturated rings. The number of carbonyl (C=O) groups excluding carboxylic acids is 1. The summed E-state index contributed by atoms with van der Waals surface area (Å²) in [4.78, 5) is 16.2. The maximum absolute atomic E-state index is 11.6. The van der Waals surface area contributed by atoms with Crippen LogP contribution < -0.4 is 10.6 Å². The Hall–Kier alpha value is -1.52. The van der Waals surface area contributed by atoms with Gasteiger partial charge in [-0.15, -0.1) is 0 Å². The van der Waals surface area contributed by atoms with Gasteiger partial charge < -0.3 is 15.2 Å². The minimum absolute atomic E-state index is 0.0597. The Morgan fingerprint density at radius 1 is 1.24 bits per heavy atom. The van der Waals surface area contributed by atoms with Crippen LogP contribution in [0.2, 0.25) is 0 Å². The molecular formula is C16H28N4O. The summed E-state index contributed by atoms with van der Waals surface area (Å²) in [6.45, 7) is 4.70. The lowest BCUT2D eigenvalue weighted by atomic mass is 10.2. The molecule has 0 unspecified atom stereocenters. The first kappa shape index (κ1) is 15.9. The third kappa shape index (κ3) is 5.40. The molecule has 1 aliphatic rings. The molecule has 2 heterocycles. The number of nitrogens with one attached hydrogen (secondary N) is 2. The molecule has 0 atom stereocenters. The second-order valence-electron chi connectivity index (χ2n) is 5.79. The van der Waals surface area contributed by atoms with E-state index in [1.165, 1.54) is 37.9 Å². The highest BCUT2D eigenvalue weighted by atomic mass is 16.2. The fraction of sp³-hybridized carbons (Fsp3) is 0.750. The summed E-state index contributed by atoms with van der Waals surface area (Å²) in [6, 6.07) is -0.0597. The first-order valence-electron chi connectivity index (χ1n) is 8.36. The molecule has 1 aliphatic heterocycles. The van der Waals surface area contributed by atoms with Crippen LogP contribution in [0.25, 0.3) is 0 Å². The molecule has 0 aliphatic carbocycles. The summed E-state index contributed by atoms with van der Waals surface area (Å²) < 4.78 is 2.26. The normalized spacial score (nSPS) is 13.8. The Morgan fingerprint density at radius 3 is 2.90 bits per heavy atom. The summed E-state index contributed by atoms with van der Waals surface area (Å²) in [7, 11) is 0. The molecule has 0 saturated carbocycles. The van der Waals surface area contributed by atoms with Gasteiger partial charge in [0.1, 0.15) is 5.82 Å². The zero-order valence-electron chi connectivity index (χ0n) is 13.2. The van der Waals surface area contributed by atoms with Crippen molar-refractivity contribution in [2.24, 2.45) is 0 Å². The van der Waals surface area contributed by atoms with E-state index >= 15 is 0 Å². The number of hydrogen-bond acceptors (Lipinski definition) is 2. The van der Waals surface area contributed by atoms with Crippen LogP contribution in [-0.2, 0) is 19.4 Å². The van der Waals surface area contributed by atoms with Crippen LogP contribution in [-0.4, -0.2) is 28.7 Å². The van der Waals surface area contributed by atoms with Crippen LogP contribution in [0.1, 0.15) is 57.0 Å². The molecule has 118 valence electrons. The number of fused-ring (bicyclic) bond motifs is 1. The molecule has 0 spiro atoms. The molecule has 2 rings (SSSR count). The van der Waals surface area contributed by atoms with E-state index in [-0.39, 0.29) is 6.03 Å². The van der Waals surface area contributed by atoms with E-state index in [1.807, 2.05) is 0 Å². The van der Waals surface area contributed by atoms with Crippen molar-refractivity contribution < 1.29 is 4.79 Å². The second-order valence-corrected chi connectivity index (χ2v) is 5.79. The van der Waals surface area contributed by atoms with Crippen molar-refractivity contribution in [2.45, 2.75) is 64.8 Å². The van der Waals surface area contributed by atoms with Crippen LogP contribution in [0.5, 0.6) is 0 Å². The number of rotatable bonds is 8. The van der Waals surface area contributed by atoms with Crippen LogP contribution >= 0.6 is 0 Å². The van der Waals surface area contributed by atoms with E-state index in [4.69, 9.17) is 0 Å². The Kier molecular flexibility index (Phi) is 6.57. The van der Waals surface area contributed by atoms with Gasteiger partial charge in [0.2, 0.25) is 0 Å². The average Bonchev–Trinajstić information content (AvgIpc) is 2.89. The van der Waals surface area contributed by atoms with Crippen molar-refractivity contribution in [3.05, 3.63) is 17.7 Å². The van der Waals surface area contributed by atoms with Gasteiger partial charge in [0.15, 0.2) is 0 Å². The van der Waals surface area contributed by atoms with Gasteiger partial charge in [0.25, 0.3) is 0 Å². The molecule has 0 aromatic carbocycles. The van der Waals surface area contributed by atoms with E-state index in [1.54, 1.807) is 0 Å². The number of aromatic nitrogens is 2. The van der Waals surface area contributed by atoms with Crippen molar-refractivity contribution >= 4 is 6.03 Å². The van der Waals surface area contributed by atoms with E-state index in [9.17, 15) is 4.79 Å². The third-order valence-corrected chi connectivity index (χ3v) is 3.94. The number of hydrogen-bond donors (Lipinski definition) is 2. The summed E-state index contributed by atoms with van der Waals surface area (Å²) in [6.07, 6.45) is 11.3. The number of urea groups is 1. The van der Waals surface area contributed by atoms with Crippen LogP contribution in [0.15, 0.2) is 6.20 Å². The average molecular weight is 292 g/mol. The summed E-state index contributed by atoms with van der Waals surface area (Å²) in [5, 5.41) is 5.80. The Labute approximate surface area is 127 Å². The summed E-state index contributed by atoms with van der Waals surface area (Å²) >= 11 is 0. The molecule has 2 N–H and O–H groups in total. The number of carbonyl (C=O) groups is 1. The number of imidazole rings is 1. The van der Waals surface area contributed by atoms with Gasteiger partial charge >= 0.3 is 6.03 Å². The molecule has 2 amide bonds. The lowest BCUT2D eigenvalue weighted by Gasteiger charge is -2.11. The number of unbranched alkanes of at least 4 members (excludes halogenated alkanes) is 3. The maximum atomic E-state index is 11.6. The van der Waals surface area contributed by atoms with Gasteiger partial charge in [-0.2, -0.15) is 0 Å². The largest absolute Gasteiger partial charge is 0.338 e. The molecule has 0 bridgehead atoms. The first-order chi connectivity index (χ1) is 10.3. The predicted octanol–water partition coefficient (Wildman–Crippen LogP) is 2.64. The zero-order chi connectivity index (χ0) is 14.9. The lowest BCUT2D eigenvalue weighted by Crippen LogP contribution is -2.37. The van der Waals surface area contributed by atoms with Gasteiger partial charge in [0, 0.05) is 38.7 Å². The highest BCUT2D eigenvalue weighted by molar-refractivity contribution is 5.73. The van der Waals surface area contributed by atoms with Crippen LogP contribution in [0.4, 0.5) is 4.79 Å². The second kappa shape index (κ2) is 8.70. The first-order valence-corrected chi connectivity index (χ1v) is 8.36. The molecule has 0 radical (unpaired) electrons. The molecule has 0 saturated heterocycles. The number of nitrogens with zero attached hydrogens (tertiary/aromatic N) is 2. The predicted molar refractivity (Wildman–Crippen MR) is 84.4 cm³/mol. The number of aryl methyl sites for hydroxylation is 2. The van der Waals surface area contributed by atoms with Gasteiger partial charge in [-0.3, -0.25) is 0 Å². The van der Waals surface area contributed by atoms with E-state index in [2.05, 4.69) is 33.3 Å². The Bertz CT molecular complexity index is 418. The minimum Gasteiger partial charge on any atom is -0.338 e. The van der Waals surface area contributed by atoms with Crippen molar-refractivity contribution in [1.82, 2.24) is 20.2 Å². The van der Waals surface area contributed by atoms with Gasteiger partial charge in [-0.05, 0) is 19.3 Å². The van der Waals surface area contributed by atoms with Crippen molar-refractivity contribution in [2.75, 3.05) is 13.1 Å². The van der Waals surface area contributed by atoms with Crippen LogP contribution in [0, 0.1) is 0 Å². The minimum atomic E-state index is -0.0597. The lowest BCUT2D eigenvalue weighted by molar-refractivity contribution is 0.241. The quantitative estimate of drug-likeness (QED) is 0.724. The molecular weight excluding hydrogens is 264 g/mol. The van der Waals surface area contributed by atoms with E-state index in [0.717, 1.165) is 38.0 Å². The monoisotopic (exact) mass is 292 g/mol. The zero-order valence-corrected chi connectivity index (χ0v) is 13.2. The van der Waals surface area contributed by atoms with Crippen molar-refractivity contribution in [3.63, 3.8) is 0 Å². The van der Waals surface area contributed by atoms with Gasteiger partial charge in [-0.25, -0.2) is 9.78 Å². The SMILES string of the molecule is CCCCCCNC(=O)NCCc1cn2c(n1)CCCC2. The number of amides is 2. The van der Waals surface area contributed by atoms with Gasteiger partial charge in [0.05, 0.1) is 5.69 Å². The van der Waals surface area contributed by atoms with E-state index < -0.39 is 0 Å². The molecule has 1 aromatic rings. The Morgan fingerprint density at radius 2 is 2.10 bits per heavy atom. The maximum Gasteiger partial charge on any atom is 0.314 e. The van der Waals surface area contributed by atoms with Crippen molar-refractivity contribution in [3.8, 4) is 0 Å². The van der Waals surface area contributed by atoms with Crippen LogP contribution in [0.3, 0.4) is 0 Å². The highest BCUT2D eigenvalue weighted by Crippen LogP contribution is 2.14. The topological polar surface area (TPSA) is 59.0 Å². The fourth-order valence-corrected chi connectivity index (χ4v) is 2.71. The smallest absolute Gasteiger partial charge is 0.314 e. The molecule has 1 aromatic heterocycles. The fourth-order valence-electron chi connectivity index (χ4n) is 2.71. The molecule has 5 nitrogen and oxygen atoms in total.